The lowest BCUT2D eigenvalue weighted by molar-refractivity contribution is 0.0636. The average Bonchev–Trinajstić information content (AvgIpc) is 3.15. The number of amides is 1. The van der Waals surface area contributed by atoms with Crippen molar-refractivity contribution in [2.75, 3.05) is 19.9 Å². The first-order valence-corrected chi connectivity index (χ1v) is 8.91. The lowest BCUT2D eigenvalue weighted by atomic mass is 9.89. The highest BCUT2D eigenvalue weighted by atomic mass is 16.7. The molecule has 2 heterocycles. The second-order valence-corrected chi connectivity index (χ2v) is 6.89. The molecule has 0 bridgehead atoms. The summed E-state index contributed by atoms with van der Waals surface area (Å²) in [5, 5.41) is 0. The third kappa shape index (κ3) is 3.17. The van der Waals surface area contributed by atoms with Crippen LogP contribution in [-0.4, -0.2) is 36.5 Å². The van der Waals surface area contributed by atoms with Crippen LogP contribution in [-0.2, 0) is 0 Å². The summed E-state index contributed by atoms with van der Waals surface area (Å²) < 4.78 is 10.6. The number of benzene rings is 2. The van der Waals surface area contributed by atoms with E-state index in [4.69, 9.17) is 9.47 Å². The standard InChI is InChI=1S/C21H21NO4/c1-14-4-6-15(7-5-14)20(23)17-3-2-10-22(12-17)21(24)16-8-9-18-19(11-16)26-13-25-18/h4-9,11,17H,2-3,10,12-13H2,1H3. The van der Waals surface area contributed by atoms with Crippen molar-refractivity contribution in [2.45, 2.75) is 19.8 Å². The summed E-state index contributed by atoms with van der Waals surface area (Å²) in [6.45, 7) is 3.31. The number of carbonyl (C=O) groups is 2. The Hall–Kier alpha value is -2.82. The van der Waals surface area contributed by atoms with Crippen molar-refractivity contribution in [3.8, 4) is 11.5 Å². The number of likely N-dealkylation sites (tertiary alicyclic amines) is 1. The minimum absolute atomic E-state index is 0.0651. The normalized spacial score (nSPS) is 18.7. The van der Waals surface area contributed by atoms with Gasteiger partial charge < -0.3 is 14.4 Å². The number of piperidine rings is 1. The Kier molecular flexibility index (Phi) is 4.37. The van der Waals surface area contributed by atoms with Crippen molar-refractivity contribution in [3.05, 3.63) is 59.2 Å². The Morgan fingerprint density at radius 1 is 1.00 bits per heavy atom. The molecule has 0 saturated carbocycles. The van der Waals surface area contributed by atoms with Crippen LogP contribution in [0, 0.1) is 12.8 Å². The molecule has 4 rings (SSSR count). The number of fused-ring (bicyclic) bond motifs is 1. The van der Waals surface area contributed by atoms with Gasteiger partial charge in [-0.05, 0) is 38.0 Å². The Morgan fingerprint density at radius 2 is 1.73 bits per heavy atom. The van der Waals surface area contributed by atoms with Crippen LogP contribution >= 0.6 is 0 Å². The van der Waals surface area contributed by atoms with Gasteiger partial charge in [-0.2, -0.15) is 0 Å². The number of ketones is 1. The molecule has 0 aliphatic carbocycles. The number of nitrogens with zero attached hydrogens (tertiary/aromatic N) is 1. The van der Waals surface area contributed by atoms with Gasteiger partial charge in [0.25, 0.3) is 5.91 Å². The number of ether oxygens (including phenoxy) is 2. The van der Waals surface area contributed by atoms with Crippen LogP contribution in [0.15, 0.2) is 42.5 Å². The van der Waals surface area contributed by atoms with Gasteiger partial charge in [0.2, 0.25) is 6.79 Å². The first-order chi connectivity index (χ1) is 12.6. The molecule has 5 nitrogen and oxygen atoms in total. The molecule has 1 saturated heterocycles. The van der Waals surface area contributed by atoms with Crippen molar-refractivity contribution in [1.82, 2.24) is 4.90 Å². The number of Topliss-reactive ketones (excluding diaryl/α,β-unsaturated/α-hetero) is 1. The number of rotatable bonds is 3. The summed E-state index contributed by atoms with van der Waals surface area (Å²) in [6.07, 6.45) is 1.65. The molecule has 2 aromatic carbocycles. The molecule has 26 heavy (non-hydrogen) atoms. The second-order valence-electron chi connectivity index (χ2n) is 6.89. The Labute approximate surface area is 152 Å². The quantitative estimate of drug-likeness (QED) is 0.795. The Morgan fingerprint density at radius 3 is 2.54 bits per heavy atom. The number of hydrogen-bond donors (Lipinski definition) is 0. The lowest BCUT2D eigenvalue weighted by Gasteiger charge is -2.32. The SMILES string of the molecule is Cc1ccc(C(=O)C2CCCN(C(=O)c3ccc4c(c3)OCO4)C2)cc1. The van der Waals surface area contributed by atoms with Gasteiger partial charge >= 0.3 is 0 Å². The summed E-state index contributed by atoms with van der Waals surface area (Å²) >= 11 is 0. The molecule has 0 N–H and O–H groups in total. The van der Waals surface area contributed by atoms with Gasteiger partial charge in [0.15, 0.2) is 17.3 Å². The van der Waals surface area contributed by atoms with E-state index >= 15 is 0 Å². The maximum absolute atomic E-state index is 12.9. The van der Waals surface area contributed by atoms with E-state index in [1.807, 2.05) is 31.2 Å². The van der Waals surface area contributed by atoms with Gasteiger partial charge in [0, 0.05) is 30.1 Å². The summed E-state index contributed by atoms with van der Waals surface area (Å²) in [4.78, 5) is 27.4. The highest BCUT2D eigenvalue weighted by Gasteiger charge is 2.30. The van der Waals surface area contributed by atoms with Crippen molar-refractivity contribution >= 4 is 11.7 Å². The predicted molar refractivity (Wildman–Crippen MR) is 96.7 cm³/mol. The highest BCUT2D eigenvalue weighted by molar-refractivity contribution is 5.99. The molecule has 2 aromatic rings. The van der Waals surface area contributed by atoms with Crippen LogP contribution < -0.4 is 9.47 Å². The van der Waals surface area contributed by atoms with E-state index in [-0.39, 0.29) is 24.4 Å². The van der Waals surface area contributed by atoms with Crippen molar-refractivity contribution in [3.63, 3.8) is 0 Å². The van der Waals surface area contributed by atoms with Crippen LogP contribution in [0.1, 0.15) is 39.1 Å². The molecule has 0 spiro atoms. The third-order valence-electron chi connectivity index (χ3n) is 5.03. The van der Waals surface area contributed by atoms with Crippen LogP contribution in [0.2, 0.25) is 0 Å². The Balaban J connectivity index is 1.48. The van der Waals surface area contributed by atoms with E-state index in [1.165, 1.54) is 0 Å². The van der Waals surface area contributed by atoms with Crippen molar-refractivity contribution in [2.24, 2.45) is 5.92 Å². The topological polar surface area (TPSA) is 55.8 Å². The summed E-state index contributed by atoms with van der Waals surface area (Å²) in [7, 11) is 0. The number of hydrogen-bond acceptors (Lipinski definition) is 4. The fourth-order valence-corrected chi connectivity index (χ4v) is 3.54. The zero-order chi connectivity index (χ0) is 18.1. The second kappa shape index (κ2) is 6.83. The molecule has 1 unspecified atom stereocenters. The van der Waals surface area contributed by atoms with Gasteiger partial charge in [-0.15, -0.1) is 0 Å². The van der Waals surface area contributed by atoms with Crippen LogP contribution in [0.25, 0.3) is 0 Å². The maximum Gasteiger partial charge on any atom is 0.254 e. The summed E-state index contributed by atoms with van der Waals surface area (Å²) in [5.41, 5.74) is 2.42. The number of aryl methyl sites for hydroxylation is 1. The molecule has 0 radical (unpaired) electrons. The first-order valence-electron chi connectivity index (χ1n) is 8.91. The molecule has 2 aliphatic heterocycles. The molecule has 5 heteroatoms. The fourth-order valence-electron chi connectivity index (χ4n) is 3.54. The minimum atomic E-state index is -0.149. The molecule has 1 amide bonds. The Bertz CT molecular complexity index is 844. The van der Waals surface area contributed by atoms with E-state index in [0.29, 0.717) is 30.2 Å². The van der Waals surface area contributed by atoms with Gasteiger partial charge in [-0.3, -0.25) is 9.59 Å². The molecule has 1 atom stereocenters. The monoisotopic (exact) mass is 351 g/mol. The zero-order valence-corrected chi connectivity index (χ0v) is 14.7. The summed E-state index contributed by atoms with van der Waals surface area (Å²) in [5.74, 6) is 1.16. The van der Waals surface area contributed by atoms with Crippen molar-refractivity contribution < 1.29 is 19.1 Å². The molecule has 1 fully saturated rings. The maximum atomic E-state index is 12.9. The van der Waals surface area contributed by atoms with Gasteiger partial charge in [0.05, 0.1) is 0 Å². The van der Waals surface area contributed by atoms with E-state index in [1.54, 1.807) is 23.1 Å². The average molecular weight is 351 g/mol. The number of carbonyl (C=O) groups excluding carboxylic acids is 2. The molecule has 2 aliphatic rings. The molecular weight excluding hydrogens is 330 g/mol. The smallest absolute Gasteiger partial charge is 0.254 e. The van der Waals surface area contributed by atoms with Crippen molar-refractivity contribution in [1.29, 1.82) is 0 Å². The van der Waals surface area contributed by atoms with E-state index in [2.05, 4.69) is 0 Å². The molecular formula is C21H21NO4. The van der Waals surface area contributed by atoms with E-state index in [0.717, 1.165) is 24.0 Å². The largest absolute Gasteiger partial charge is 0.454 e. The summed E-state index contributed by atoms with van der Waals surface area (Å²) in [6, 6.07) is 12.9. The predicted octanol–water partition coefficient (Wildman–Crippen LogP) is 3.46. The fraction of sp³-hybridized carbons (Fsp3) is 0.333. The molecule has 0 aromatic heterocycles. The van der Waals surface area contributed by atoms with Crippen LogP contribution in [0.3, 0.4) is 0 Å². The lowest BCUT2D eigenvalue weighted by Crippen LogP contribution is -2.42. The van der Waals surface area contributed by atoms with E-state index < -0.39 is 0 Å². The molecule has 134 valence electrons. The van der Waals surface area contributed by atoms with Crippen LogP contribution in [0.5, 0.6) is 11.5 Å². The zero-order valence-electron chi connectivity index (χ0n) is 14.7. The van der Waals surface area contributed by atoms with Gasteiger partial charge in [0.1, 0.15) is 0 Å². The van der Waals surface area contributed by atoms with Crippen LogP contribution in [0.4, 0.5) is 0 Å². The minimum Gasteiger partial charge on any atom is -0.454 e. The van der Waals surface area contributed by atoms with E-state index in [9.17, 15) is 9.59 Å². The van der Waals surface area contributed by atoms with Gasteiger partial charge in [-0.25, -0.2) is 0 Å². The highest BCUT2D eigenvalue weighted by Crippen LogP contribution is 2.33. The first kappa shape index (κ1) is 16.6. The van der Waals surface area contributed by atoms with Gasteiger partial charge in [-0.1, -0.05) is 29.8 Å². The third-order valence-corrected chi connectivity index (χ3v) is 5.03.